The second-order valence-corrected chi connectivity index (χ2v) is 4.30. The lowest BCUT2D eigenvalue weighted by Crippen LogP contribution is -2.03. The summed E-state index contributed by atoms with van der Waals surface area (Å²) in [5.41, 5.74) is 6.92. The molecule has 0 saturated heterocycles. The number of benzene rings is 2. The Bertz CT molecular complexity index is 578. The minimum Gasteiger partial charge on any atom is -0.490 e. The number of rotatable bonds is 6. The van der Waals surface area contributed by atoms with Gasteiger partial charge in [-0.2, -0.15) is 0 Å². The molecule has 0 bridgehead atoms. The van der Waals surface area contributed by atoms with E-state index in [2.05, 4.69) is 0 Å². The quantitative estimate of drug-likeness (QED) is 0.885. The molecule has 2 rings (SSSR count). The zero-order valence-electron chi connectivity index (χ0n) is 11.8. The molecule has 0 saturated carbocycles. The molecule has 0 fully saturated rings. The van der Waals surface area contributed by atoms with Crippen molar-refractivity contribution in [3.63, 3.8) is 0 Å². The summed E-state index contributed by atoms with van der Waals surface area (Å²) in [4.78, 5) is 0. The number of hydrogen-bond acceptors (Lipinski definition) is 3. The van der Waals surface area contributed by atoms with Crippen molar-refractivity contribution in [1.29, 1.82) is 0 Å². The fraction of sp³-hybridized carbons (Fsp3) is 0.250. The first-order chi connectivity index (χ1) is 9.74. The third-order valence-electron chi connectivity index (χ3n) is 2.88. The van der Waals surface area contributed by atoms with E-state index in [4.69, 9.17) is 15.2 Å². The monoisotopic (exact) mass is 311 g/mol. The fourth-order valence-electron chi connectivity index (χ4n) is 1.87. The number of nitrogens with two attached hydrogens (primary N) is 1. The highest BCUT2D eigenvalue weighted by Gasteiger charge is 2.07. The van der Waals surface area contributed by atoms with Crippen LogP contribution >= 0.6 is 12.4 Å². The van der Waals surface area contributed by atoms with E-state index in [1.165, 1.54) is 6.07 Å². The van der Waals surface area contributed by atoms with Crippen LogP contribution in [0.3, 0.4) is 0 Å². The van der Waals surface area contributed by atoms with E-state index >= 15 is 0 Å². The highest BCUT2D eigenvalue weighted by Crippen LogP contribution is 2.27. The van der Waals surface area contributed by atoms with Crippen molar-refractivity contribution in [2.24, 2.45) is 5.73 Å². The second-order valence-electron chi connectivity index (χ2n) is 4.30. The van der Waals surface area contributed by atoms with Crippen LogP contribution in [0.1, 0.15) is 18.1 Å². The molecule has 0 heterocycles. The predicted molar refractivity (Wildman–Crippen MR) is 83.5 cm³/mol. The second kappa shape index (κ2) is 8.49. The number of para-hydroxylation sites is 2. The summed E-state index contributed by atoms with van der Waals surface area (Å²) in [5, 5.41) is 0. The Balaban J connectivity index is 0.00000220. The molecule has 5 heteroatoms. The molecule has 0 aliphatic carbocycles. The van der Waals surface area contributed by atoms with Crippen molar-refractivity contribution >= 4 is 12.4 Å². The molecule has 21 heavy (non-hydrogen) atoms. The van der Waals surface area contributed by atoms with Crippen LogP contribution < -0.4 is 15.2 Å². The van der Waals surface area contributed by atoms with E-state index in [-0.39, 0.29) is 24.8 Å². The SMILES string of the molecule is CCOc1ccccc1OCc1cc(CN)ccc1F.Cl. The zero-order chi connectivity index (χ0) is 14.4. The maximum Gasteiger partial charge on any atom is 0.161 e. The molecule has 0 atom stereocenters. The van der Waals surface area contributed by atoms with Crippen LogP contribution in [0.25, 0.3) is 0 Å². The van der Waals surface area contributed by atoms with E-state index in [1.54, 1.807) is 18.2 Å². The number of hydrogen-bond donors (Lipinski definition) is 1. The minimum atomic E-state index is -0.295. The van der Waals surface area contributed by atoms with Crippen LogP contribution in [0, 0.1) is 5.82 Å². The van der Waals surface area contributed by atoms with E-state index < -0.39 is 0 Å². The predicted octanol–water partition coefficient (Wildman–Crippen LogP) is 3.68. The van der Waals surface area contributed by atoms with Gasteiger partial charge in [0.05, 0.1) is 6.61 Å². The normalized spacial score (nSPS) is 9.86. The van der Waals surface area contributed by atoms with Crippen molar-refractivity contribution < 1.29 is 13.9 Å². The van der Waals surface area contributed by atoms with Crippen molar-refractivity contribution in [2.75, 3.05) is 6.61 Å². The van der Waals surface area contributed by atoms with Crippen LogP contribution in [0.5, 0.6) is 11.5 Å². The lowest BCUT2D eigenvalue weighted by Gasteiger charge is -2.12. The van der Waals surface area contributed by atoms with Crippen molar-refractivity contribution in [1.82, 2.24) is 0 Å². The first kappa shape index (κ1) is 17.3. The van der Waals surface area contributed by atoms with Gasteiger partial charge >= 0.3 is 0 Å². The Kier molecular flexibility index (Phi) is 6.99. The Hall–Kier alpha value is -1.78. The van der Waals surface area contributed by atoms with Crippen LogP contribution in [-0.2, 0) is 13.2 Å². The Morgan fingerprint density at radius 1 is 1.05 bits per heavy atom. The molecular formula is C16H19ClFNO2. The highest BCUT2D eigenvalue weighted by molar-refractivity contribution is 5.85. The van der Waals surface area contributed by atoms with Gasteiger partial charge in [-0.3, -0.25) is 0 Å². The summed E-state index contributed by atoms with van der Waals surface area (Å²) in [7, 11) is 0. The van der Waals surface area contributed by atoms with E-state index in [0.717, 1.165) is 5.56 Å². The van der Waals surface area contributed by atoms with Gasteiger partial charge in [-0.1, -0.05) is 18.2 Å². The van der Waals surface area contributed by atoms with Crippen LogP contribution in [0.2, 0.25) is 0 Å². The minimum absolute atomic E-state index is 0. The average molecular weight is 312 g/mol. The van der Waals surface area contributed by atoms with Crippen molar-refractivity contribution in [3.8, 4) is 11.5 Å². The average Bonchev–Trinajstić information content (AvgIpc) is 2.48. The van der Waals surface area contributed by atoms with Gasteiger partial charge in [0.2, 0.25) is 0 Å². The molecule has 0 aromatic heterocycles. The molecule has 2 N–H and O–H groups in total. The fourth-order valence-corrected chi connectivity index (χ4v) is 1.87. The number of ether oxygens (including phenoxy) is 2. The lowest BCUT2D eigenvalue weighted by atomic mass is 10.1. The molecule has 0 amide bonds. The standard InChI is InChI=1S/C16H18FNO2.ClH/c1-2-19-15-5-3-4-6-16(15)20-11-13-9-12(10-18)7-8-14(13)17;/h3-9H,2,10-11,18H2,1H3;1H. The van der Waals surface area contributed by atoms with Gasteiger partial charge in [-0.15, -0.1) is 12.4 Å². The molecule has 3 nitrogen and oxygen atoms in total. The maximum atomic E-state index is 13.7. The summed E-state index contributed by atoms with van der Waals surface area (Å²) in [6, 6.07) is 12.2. The van der Waals surface area contributed by atoms with E-state index in [0.29, 0.717) is 30.2 Å². The molecule has 0 spiro atoms. The summed E-state index contributed by atoms with van der Waals surface area (Å²) in [6.07, 6.45) is 0. The van der Waals surface area contributed by atoms with Gasteiger partial charge in [0.15, 0.2) is 11.5 Å². The molecule has 0 radical (unpaired) electrons. The summed E-state index contributed by atoms with van der Waals surface area (Å²) >= 11 is 0. The maximum absolute atomic E-state index is 13.7. The lowest BCUT2D eigenvalue weighted by molar-refractivity contribution is 0.266. The third kappa shape index (κ3) is 4.62. The number of halogens is 2. The Labute approximate surface area is 130 Å². The van der Waals surface area contributed by atoms with Gasteiger partial charge < -0.3 is 15.2 Å². The molecule has 0 aliphatic heterocycles. The summed E-state index contributed by atoms with van der Waals surface area (Å²) in [6.45, 7) is 2.98. The van der Waals surface area contributed by atoms with E-state index in [1.807, 2.05) is 25.1 Å². The molecule has 114 valence electrons. The Morgan fingerprint density at radius 2 is 1.71 bits per heavy atom. The highest BCUT2D eigenvalue weighted by atomic mass is 35.5. The smallest absolute Gasteiger partial charge is 0.161 e. The van der Waals surface area contributed by atoms with Crippen molar-refractivity contribution in [3.05, 3.63) is 59.4 Å². The van der Waals surface area contributed by atoms with Gasteiger partial charge in [0.25, 0.3) is 0 Å². The molecule has 0 unspecified atom stereocenters. The molecular weight excluding hydrogens is 293 g/mol. The van der Waals surface area contributed by atoms with E-state index in [9.17, 15) is 4.39 Å². The van der Waals surface area contributed by atoms with Gasteiger partial charge in [-0.05, 0) is 36.8 Å². The van der Waals surface area contributed by atoms with Crippen LogP contribution in [0.4, 0.5) is 4.39 Å². The van der Waals surface area contributed by atoms with Gasteiger partial charge in [0, 0.05) is 12.1 Å². The molecule has 2 aromatic rings. The van der Waals surface area contributed by atoms with Crippen LogP contribution in [0.15, 0.2) is 42.5 Å². The topological polar surface area (TPSA) is 44.5 Å². The molecule has 0 aliphatic rings. The third-order valence-corrected chi connectivity index (χ3v) is 2.88. The summed E-state index contributed by atoms with van der Waals surface area (Å²) in [5.74, 6) is 0.966. The molecule has 2 aromatic carbocycles. The first-order valence-corrected chi connectivity index (χ1v) is 6.56. The van der Waals surface area contributed by atoms with Crippen LogP contribution in [-0.4, -0.2) is 6.61 Å². The summed E-state index contributed by atoms with van der Waals surface area (Å²) < 4.78 is 24.8. The van der Waals surface area contributed by atoms with Gasteiger partial charge in [-0.25, -0.2) is 4.39 Å². The van der Waals surface area contributed by atoms with Gasteiger partial charge in [0.1, 0.15) is 12.4 Å². The largest absolute Gasteiger partial charge is 0.490 e. The van der Waals surface area contributed by atoms with Crippen molar-refractivity contribution in [2.45, 2.75) is 20.1 Å². The first-order valence-electron chi connectivity index (χ1n) is 6.56. The Morgan fingerprint density at radius 3 is 2.33 bits per heavy atom. The zero-order valence-corrected chi connectivity index (χ0v) is 12.7.